The Morgan fingerprint density at radius 2 is 1.92 bits per heavy atom. The van der Waals surface area contributed by atoms with E-state index in [9.17, 15) is 4.79 Å². The molecule has 0 bridgehead atoms. The van der Waals surface area contributed by atoms with Crippen LogP contribution in [-0.2, 0) is 9.53 Å². The van der Waals surface area contributed by atoms with Crippen LogP contribution < -0.4 is 0 Å². The maximum atomic E-state index is 11.2. The molecule has 76 valence electrons. The quantitative estimate of drug-likeness (QED) is 0.498. The van der Waals surface area contributed by atoms with Crippen molar-refractivity contribution in [3.05, 3.63) is 11.6 Å². The molecule has 0 aliphatic rings. The van der Waals surface area contributed by atoms with Crippen LogP contribution in [0, 0.1) is 5.41 Å². The fraction of sp³-hybridized carbons (Fsp3) is 0.727. The molecular formula is C11H20O2. The zero-order valence-corrected chi connectivity index (χ0v) is 9.31. The highest BCUT2D eigenvalue weighted by Crippen LogP contribution is 2.18. The second kappa shape index (κ2) is 5.05. The summed E-state index contributed by atoms with van der Waals surface area (Å²) in [5, 5.41) is 0. The molecular weight excluding hydrogens is 164 g/mol. The topological polar surface area (TPSA) is 26.3 Å². The lowest BCUT2D eigenvalue weighted by atomic mass is 9.93. The standard InChI is InChI=1S/C11H20O2/c1-6-9(2)10(12)13-8-7-11(3,4)5/h6H,7-8H2,1-5H3. The summed E-state index contributed by atoms with van der Waals surface area (Å²) in [4.78, 5) is 11.2. The van der Waals surface area contributed by atoms with Crippen LogP contribution in [0.5, 0.6) is 0 Å². The molecule has 2 nitrogen and oxygen atoms in total. The van der Waals surface area contributed by atoms with E-state index < -0.39 is 0 Å². The van der Waals surface area contributed by atoms with Crippen molar-refractivity contribution in [3.8, 4) is 0 Å². The van der Waals surface area contributed by atoms with Crippen molar-refractivity contribution in [1.29, 1.82) is 0 Å². The first kappa shape index (κ1) is 12.2. The molecule has 13 heavy (non-hydrogen) atoms. The van der Waals surface area contributed by atoms with Crippen LogP contribution in [0.25, 0.3) is 0 Å². The average Bonchev–Trinajstić information content (AvgIpc) is 2.00. The predicted octanol–water partition coefficient (Wildman–Crippen LogP) is 2.93. The van der Waals surface area contributed by atoms with E-state index in [4.69, 9.17) is 4.74 Å². The SMILES string of the molecule is CC=C(C)C(=O)OCCC(C)(C)C. The van der Waals surface area contributed by atoms with Gasteiger partial charge in [0.15, 0.2) is 0 Å². The zero-order chi connectivity index (χ0) is 10.5. The predicted molar refractivity (Wildman–Crippen MR) is 54.5 cm³/mol. The molecule has 0 aromatic heterocycles. The maximum absolute atomic E-state index is 11.2. The molecule has 2 heteroatoms. The Balaban J connectivity index is 3.73. The smallest absolute Gasteiger partial charge is 0.333 e. The Hall–Kier alpha value is -0.790. The second-order valence-electron chi connectivity index (χ2n) is 4.42. The molecule has 0 radical (unpaired) electrons. The first-order valence-corrected chi connectivity index (χ1v) is 4.67. The fourth-order valence-electron chi connectivity index (χ4n) is 0.682. The third-order valence-corrected chi connectivity index (χ3v) is 1.84. The summed E-state index contributed by atoms with van der Waals surface area (Å²) in [5.74, 6) is -0.202. The minimum Gasteiger partial charge on any atom is -0.462 e. The Morgan fingerprint density at radius 3 is 2.31 bits per heavy atom. The number of allylic oxidation sites excluding steroid dienone is 1. The van der Waals surface area contributed by atoms with Crippen molar-refractivity contribution in [2.75, 3.05) is 6.61 Å². The van der Waals surface area contributed by atoms with Gasteiger partial charge >= 0.3 is 5.97 Å². The van der Waals surface area contributed by atoms with Gasteiger partial charge in [-0.2, -0.15) is 0 Å². The molecule has 0 saturated carbocycles. The third kappa shape index (κ3) is 6.38. The molecule has 0 aliphatic carbocycles. The number of ether oxygens (including phenoxy) is 1. The van der Waals surface area contributed by atoms with Gasteiger partial charge in [-0.1, -0.05) is 26.8 Å². The van der Waals surface area contributed by atoms with Crippen molar-refractivity contribution >= 4 is 5.97 Å². The maximum Gasteiger partial charge on any atom is 0.333 e. The van der Waals surface area contributed by atoms with Crippen molar-refractivity contribution in [3.63, 3.8) is 0 Å². The Kier molecular flexibility index (Phi) is 4.74. The van der Waals surface area contributed by atoms with Gasteiger partial charge in [-0.05, 0) is 25.7 Å². The van der Waals surface area contributed by atoms with Gasteiger partial charge in [0, 0.05) is 5.57 Å². The molecule has 0 unspecified atom stereocenters. The van der Waals surface area contributed by atoms with Crippen LogP contribution in [-0.4, -0.2) is 12.6 Å². The number of hydrogen-bond acceptors (Lipinski definition) is 2. The van der Waals surface area contributed by atoms with Crippen LogP contribution in [0.4, 0.5) is 0 Å². The molecule has 0 amide bonds. The van der Waals surface area contributed by atoms with Crippen molar-refractivity contribution < 1.29 is 9.53 Å². The van der Waals surface area contributed by atoms with E-state index in [2.05, 4.69) is 20.8 Å². The lowest BCUT2D eigenvalue weighted by Crippen LogP contribution is -2.13. The Labute approximate surface area is 81.0 Å². The summed E-state index contributed by atoms with van der Waals surface area (Å²) in [7, 11) is 0. The molecule has 0 saturated heterocycles. The van der Waals surface area contributed by atoms with Crippen molar-refractivity contribution in [2.45, 2.75) is 41.0 Å². The van der Waals surface area contributed by atoms with Gasteiger partial charge in [0.1, 0.15) is 0 Å². The fourth-order valence-corrected chi connectivity index (χ4v) is 0.682. The molecule has 0 heterocycles. The Morgan fingerprint density at radius 1 is 1.38 bits per heavy atom. The average molecular weight is 184 g/mol. The number of esters is 1. The van der Waals surface area contributed by atoms with Crippen LogP contribution in [0.3, 0.4) is 0 Å². The molecule has 0 aliphatic heterocycles. The molecule has 0 fully saturated rings. The normalized spacial score (nSPS) is 12.8. The third-order valence-electron chi connectivity index (χ3n) is 1.84. The molecule has 0 atom stereocenters. The minimum absolute atomic E-state index is 0.202. The summed E-state index contributed by atoms with van der Waals surface area (Å²) < 4.78 is 5.06. The van der Waals surface area contributed by atoms with Gasteiger partial charge in [-0.15, -0.1) is 0 Å². The number of rotatable bonds is 3. The summed E-state index contributed by atoms with van der Waals surface area (Å²) in [5.41, 5.74) is 0.901. The van der Waals surface area contributed by atoms with Crippen molar-refractivity contribution in [2.24, 2.45) is 5.41 Å². The van der Waals surface area contributed by atoms with Gasteiger partial charge < -0.3 is 4.74 Å². The van der Waals surface area contributed by atoms with Gasteiger partial charge in [-0.3, -0.25) is 0 Å². The highest BCUT2D eigenvalue weighted by molar-refractivity contribution is 5.87. The summed E-state index contributed by atoms with van der Waals surface area (Å²) in [6, 6.07) is 0. The van der Waals surface area contributed by atoms with Crippen LogP contribution in [0.15, 0.2) is 11.6 Å². The van der Waals surface area contributed by atoms with E-state index >= 15 is 0 Å². The summed E-state index contributed by atoms with van der Waals surface area (Å²) in [6.45, 7) is 10.5. The molecule has 0 N–H and O–H groups in total. The lowest BCUT2D eigenvalue weighted by molar-refractivity contribution is -0.139. The second-order valence-corrected chi connectivity index (χ2v) is 4.42. The Bertz CT molecular complexity index is 197. The van der Waals surface area contributed by atoms with Gasteiger partial charge in [0.05, 0.1) is 6.61 Å². The van der Waals surface area contributed by atoms with E-state index in [-0.39, 0.29) is 11.4 Å². The van der Waals surface area contributed by atoms with Gasteiger partial charge in [-0.25, -0.2) is 4.79 Å². The molecule has 0 spiro atoms. The van der Waals surface area contributed by atoms with E-state index in [1.54, 1.807) is 13.0 Å². The zero-order valence-electron chi connectivity index (χ0n) is 9.31. The lowest BCUT2D eigenvalue weighted by Gasteiger charge is -2.17. The van der Waals surface area contributed by atoms with Crippen molar-refractivity contribution in [1.82, 2.24) is 0 Å². The number of hydrogen-bond donors (Lipinski definition) is 0. The van der Waals surface area contributed by atoms with Crippen LogP contribution in [0.2, 0.25) is 0 Å². The van der Waals surface area contributed by atoms with Gasteiger partial charge in [0.25, 0.3) is 0 Å². The summed E-state index contributed by atoms with van der Waals surface area (Å²) in [6.07, 6.45) is 2.66. The minimum atomic E-state index is -0.202. The van der Waals surface area contributed by atoms with E-state index in [0.29, 0.717) is 12.2 Å². The number of carbonyl (C=O) groups excluding carboxylic acids is 1. The van der Waals surface area contributed by atoms with Gasteiger partial charge in [0.2, 0.25) is 0 Å². The monoisotopic (exact) mass is 184 g/mol. The molecule has 0 rings (SSSR count). The first-order valence-electron chi connectivity index (χ1n) is 4.67. The summed E-state index contributed by atoms with van der Waals surface area (Å²) >= 11 is 0. The van der Waals surface area contributed by atoms with Crippen LogP contribution >= 0.6 is 0 Å². The highest BCUT2D eigenvalue weighted by atomic mass is 16.5. The van der Waals surface area contributed by atoms with Crippen LogP contribution in [0.1, 0.15) is 41.0 Å². The molecule has 0 aromatic carbocycles. The van der Waals surface area contributed by atoms with E-state index in [1.165, 1.54) is 0 Å². The highest BCUT2D eigenvalue weighted by Gasteiger charge is 2.11. The van der Waals surface area contributed by atoms with E-state index in [1.807, 2.05) is 6.92 Å². The largest absolute Gasteiger partial charge is 0.462 e. The first-order chi connectivity index (χ1) is 5.87. The van der Waals surface area contributed by atoms with E-state index in [0.717, 1.165) is 6.42 Å². The molecule has 0 aromatic rings. The number of carbonyl (C=O) groups is 1.